The fourth-order valence-corrected chi connectivity index (χ4v) is 6.25. The van der Waals surface area contributed by atoms with Gasteiger partial charge in [-0.3, -0.25) is 9.59 Å². The Balaban J connectivity index is 2.21. The first-order chi connectivity index (χ1) is 13.8. The highest BCUT2D eigenvalue weighted by atomic mass is 35.5. The zero-order valence-corrected chi connectivity index (χ0v) is 17.6. The predicted molar refractivity (Wildman–Crippen MR) is 107 cm³/mol. The van der Waals surface area contributed by atoms with E-state index in [1.54, 1.807) is 56.3 Å². The van der Waals surface area contributed by atoms with E-state index in [1.165, 1.54) is 12.1 Å². The molecule has 2 atom stereocenters. The molecular formula is C21H21ClO6S. The highest BCUT2D eigenvalue weighted by Gasteiger charge is 2.81. The number of carbonyl (C=O) groups excluding carboxylic acids is 2. The molecule has 0 spiro atoms. The van der Waals surface area contributed by atoms with Crippen molar-refractivity contribution in [1.29, 1.82) is 0 Å². The third-order valence-electron chi connectivity index (χ3n) is 4.97. The number of hydrogen-bond acceptors (Lipinski definition) is 6. The summed E-state index contributed by atoms with van der Waals surface area (Å²) in [6.07, 6.45) is 0. The number of hydrogen-bond donors (Lipinski definition) is 0. The van der Waals surface area contributed by atoms with Crippen molar-refractivity contribution in [1.82, 2.24) is 0 Å². The zero-order valence-electron chi connectivity index (χ0n) is 16.0. The molecule has 0 heterocycles. The fourth-order valence-electron chi connectivity index (χ4n) is 3.75. The minimum Gasteiger partial charge on any atom is -0.465 e. The summed E-state index contributed by atoms with van der Waals surface area (Å²) in [6, 6.07) is 14.2. The molecular weight excluding hydrogens is 416 g/mol. The Hall–Kier alpha value is -2.38. The molecule has 0 N–H and O–H groups in total. The summed E-state index contributed by atoms with van der Waals surface area (Å²) >= 11 is 6.09. The van der Waals surface area contributed by atoms with E-state index in [-0.39, 0.29) is 18.1 Å². The quantitative estimate of drug-likeness (QED) is 0.488. The molecule has 1 aliphatic rings. The molecule has 0 saturated heterocycles. The second-order valence-electron chi connectivity index (χ2n) is 6.62. The van der Waals surface area contributed by atoms with Crippen LogP contribution in [0, 0.1) is 5.41 Å². The van der Waals surface area contributed by atoms with Gasteiger partial charge < -0.3 is 9.47 Å². The van der Waals surface area contributed by atoms with E-state index in [0.717, 1.165) is 0 Å². The van der Waals surface area contributed by atoms with Crippen molar-refractivity contribution in [3.63, 3.8) is 0 Å². The van der Waals surface area contributed by atoms with Crippen molar-refractivity contribution < 1.29 is 27.5 Å². The van der Waals surface area contributed by atoms with Gasteiger partial charge in [0.25, 0.3) is 0 Å². The van der Waals surface area contributed by atoms with Gasteiger partial charge >= 0.3 is 11.9 Å². The average Bonchev–Trinajstić information content (AvgIpc) is 3.42. The van der Waals surface area contributed by atoms with Gasteiger partial charge in [-0.25, -0.2) is 8.42 Å². The first kappa shape index (κ1) is 21.3. The molecule has 0 aromatic heterocycles. The zero-order chi connectivity index (χ0) is 21.2. The van der Waals surface area contributed by atoms with Gasteiger partial charge in [0.2, 0.25) is 0 Å². The highest BCUT2D eigenvalue weighted by molar-refractivity contribution is 7.92. The van der Waals surface area contributed by atoms with E-state index >= 15 is 0 Å². The summed E-state index contributed by atoms with van der Waals surface area (Å²) in [6.45, 7) is 3.18. The molecule has 2 aromatic carbocycles. The van der Waals surface area contributed by atoms with Gasteiger partial charge in [0.15, 0.2) is 15.3 Å². The molecule has 8 heteroatoms. The van der Waals surface area contributed by atoms with Gasteiger partial charge in [-0.1, -0.05) is 41.9 Å². The van der Waals surface area contributed by atoms with Crippen LogP contribution in [0.4, 0.5) is 0 Å². The summed E-state index contributed by atoms with van der Waals surface area (Å²) in [7, 11) is -4.05. The summed E-state index contributed by atoms with van der Waals surface area (Å²) in [5.41, 5.74) is -1.52. The second kappa shape index (κ2) is 8.16. The van der Waals surface area contributed by atoms with Crippen LogP contribution in [0.3, 0.4) is 0 Å². The lowest BCUT2D eigenvalue weighted by molar-refractivity contribution is -0.164. The number of sulfone groups is 1. The number of halogens is 1. The molecule has 0 radical (unpaired) electrons. The van der Waals surface area contributed by atoms with Crippen LogP contribution in [0.1, 0.15) is 25.3 Å². The lowest BCUT2D eigenvalue weighted by Crippen LogP contribution is -2.35. The molecule has 29 heavy (non-hydrogen) atoms. The number of carbonyl (C=O) groups is 2. The van der Waals surface area contributed by atoms with Crippen molar-refractivity contribution in [3.05, 3.63) is 65.2 Å². The monoisotopic (exact) mass is 436 g/mol. The normalized spacial score (nSPS) is 20.0. The van der Waals surface area contributed by atoms with Crippen molar-refractivity contribution in [2.45, 2.75) is 29.9 Å². The molecule has 1 fully saturated rings. The highest BCUT2D eigenvalue weighted by Crippen LogP contribution is 2.65. The molecule has 6 nitrogen and oxygen atoms in total. The van der Waals surface area contributed by atoms with E-state index in [9.17, 15) is 18.0 Å². The Morgan fingerprint density at radius 1 is 0.966 bits per heavy atom. The van der Waals surface area contributed by atoms with Crippen LogP contribution in [0.2, 0.25) is 5.02 Å². The Labute approximate surface area is 174 Å². The van der Waals surface area contributed by atoms with Gasteiger partial charge in [0.1, 0.15) is 5.25 Å². The third-order valence-corrected chi connectivity index (χ3v) is 7.45. The van der Waals surface area contributed by atoms with Crippen molar-refractivity contribution in [3.8, 4) is 0 Å². The molecule has 3 rings (SSSR count). The number of benzene rings is 2. The van der Waals surface area contributed by atoms with Gasteiger partial charge in [0, 0.05) is 10.9 Å². The molecule has 1 aliphatic carbocycles. The number of rotatable bonds is 7. The van der Waals surface area contributed by atoms with Crippen LogP contribution in [0.15, 0.2) is 59.5 Å². The van der Waals surface area contributed by atoms with Crippen LogP contribution < -0.4 is 0 Å². The van der Waals surface area contributed by atoms with Gasteiger partial charge in [0.05, 0.1) is 18.1 Å². The Morgan fingerprint density at radius 2 is 1.55 bits per heavy atom. The fraction of sp³-hybridized carbons (Fsp3) is 0.333. The molecule has 2 unspecified atom stereocenters. The molecule has 0 bridgehead atoms. The first-order valence-electron chi connectivity index (χ1n) is 9.20. The third kappa shape index (κ3) is 3.53. The minimum absolute atomic E-state index is 0.000356. The second-order valence-corrected chi connectivity index (χ2v) is 9.13. The number of esters is 2. The standard InChI is InChI=1S/C21H21ClO6S/c1-3-27-19(23)21(20(24)28-4-2)17(14-9-8-10-15(22)13-14)18(21)29(25,26)16-11-6-5-7-12-16/h5-13,17-18H,3-4H2,1-2H3. The average molecular weight is 437 g/mol. The van der Waals surface area contributed by atoms with Crippen molar-refractivity contribution in [2.75, 3.05) is 13.2 Å². The Morgan fingerprint density at radius 3 is 2.07 bits per heavy atom. The SMILES string of the molecule is CCOC(=O)C1(C(=O)OCC)C(c2cccc(Cl)c2)C1S(=O)(=O)c1ccccc1. The summed E-state index contributed by atoms with van der Waals surface area (Å²) in [5, 5.41) is -0.985. The number of ether oxygens (including phenoxy) is 2. The predicted octanol–water partition coefficient (Wildman–Crippen LogP) is 3.39. The van der Waals surface area contributed by atoms with Crippen LogP contribution in [-0.4, -0.2) is 38.8 Å². The van der Waals surface area contributed by atoms with Crippen molar-refractivity contribution in [2.24, 2.45) is 5.41 Å². The van der Waals surface area contributed by atoms with Gasteiger partial charge in [-0.05, 0) is 43.7 Å². The summed E-state index contributed by atoms with van der Waals surface area (Å²) in [4.78, 5) is 26.0. The topological polar surface area (TPSA) is 86.7 Å². The van der Waals surface area contributed by atoms with E-state index in [4.69, 9.17) is 21.1 Å². The smallest absolute Gasteiger partial charge is 0.325 e. The Kier molecular flexibility index (Phi) is 6.00. The van der Waals surface area contributed by atoms with Crippen LogP contribution >= 0.6 is 11.6 Å². The maximum Gasteiger partial charge on any atom is 0.325 e. The van der Waals surface area contributed by atoms with Crippen LogP contribution in [0.5, 0.6) is 0 Å². The molecule has 1 saturated carbocycles. The lowest BCUT2D eigenvalue weighted by Gasteiger charge is -2.15. The molecule has 2 aromatic rings. The van der Waals surface area contributed by atoms with Crippen LogP contribution in [0.25, 0.3) is 0 Å². The lowest BCUT2D eigenvalue weighted by atomic mass is 9.99. The largest absolute Gasteiger partial charge is 0.465 e. The van der Waals surface area contributed by atoms with E-state index in [2.05, 4.69) is 0 Å². The molecule has 154 valence electrons. The summed E-state index contributed by atoms with van der Waals surface area (Å²) in [5.74, 6) is -2.79. The van der Waals surface area contributed by atoms with Gasteiger partial charge in [-0.15, -0.1) is 0 Å². The van der Waals surface area contributed by atoms with Crippen LogP contribution in [-0.2, 0) is 28.9 Å². The summed E-state index contributed by atoms with van der Waals surface area (Å²) < 4.78 is 37.2. The van der Waals surface area contributed by atoms with E-state index in [1.807, 2.05) is 0 Å². The van der Waals surface area contributed by atoms with Gasteiger partial charge in [-0.2, -0.15) is 0 Å². The van der Waals surface area contributed by atoms with Crippen molar-refractivity contribution >= 4 is 33.4 Å². The molecule has 0 aliphatic heterocycles. The maximum absolute atomic E-state index is 13.4. The molecule has 0 amide bonds. The minimum atomic E-state index is -4.05. The first-order valence-corrected chi connectivity index (χ1v) is 11.1. The maximum atomic E-state index is 13.4. The van der Waals surface area contributed by atoms with E-state index in [0.29, 0.717) is 10.6 Å². The Bertz CT molecular complexity index is 1000. The van der Waals surface area contributed by atoms with E-state index < -0.39 is 38.4 Å².